The summed E-state index contributed by atoms with van der Waals surface area (Å²) in [6, 6.07) is 0. The Balaban J connectivity index is 1.90. The molecule has 2 unspecified atom stereocenters. The van der Waals surface area contributed by atoms with E-state index in [1.54, 1.807) is 0 Å². The zero-order valence-electron chi connectivity index (χ0n) is 9.79. The van der Waals surface area contributed by atoms with E-state index < -0.39 is 0 Å². The Morgan fingerprint density at radius 3 is 2.47 bits per heavy atom. The van der Waals surface area contributed by atoms with Gasteiger partial charge in [-0.25, -0.2) is 0 Å². The molecular formula is C13H25NO. The van der Waals surface area contributed by atoms with Crippen LogP contribution in [0.15, 0.2) is 0 Å². The molecule has 0 radical (unpaired) electrons. The molecule has 0 amide bonds. The van der Waals surface area contributed by atoms with Gasteiger partial charge in [-0.05, 0) is 37.6 Å². The first-order valence-corrected chi connectivity index (χ1v) is 6.73. The summed E-state index contributed by atoms with van der Waals surface area (Å²) in [7, 11) is 0. The number of nitrogens with two attached hydrogens (primary N) is 1. The molecule has 0 aromatic rings. The minimum Gasteiger partial charge on any atom is -0.378 e. The predicted octanol–water partition coefficient (Wildman–Crippen LogP) is 2.71. The molecule has 2 nitrogen and oxygen atoms in total. The van der Waals surface area contributed by atoms with Crippen molar-refractivity contribution in [1.29, 1.82) is 0 Å². The molecule has 0 spiro atoms. The van der Waals surface area contributed by atoms with Crippen molar-refractivity contribution in [2.45, 2.75) is 57.5 Å². The third-order valence-corrected chi connectivity index (χ3v) is 4.20. The molecule has 1 saturated carbocycles. The summed E-state index contributed by atoms with van der Waals surface area (Å²) in [5, 5.41) is 0. The molecule has 0 bridgehead atoms. The zero-order valence-corrected chi connectivity index (χ0v) is 9.79. The lowest BCUT2D eigenvalue weighted by atomic mass is 9.75. The first-order valence-electron chi connectivity index (χ1n) is 6.73. The molecule has 1 saturated heterocycles. The van der Waals surface area contributed by atoms with Gasteiger partial charge < -0.3 is 10.5 Å². The quantitative estimate of drug-likeness (QED) is 0.776. The Bertz CT molecular complexity index is 171. The number of hydrogen-bond acceptors (Lipinski definition) is 2. The van der Waals surface area contributed by atoms with Gasteiger partial charge in [0.25, 0.3) is 0 Å². The summed E-state index contributed by atoms with van der Waals surface area (Å²) >= 11 is 0. The van der Waals surface area contributed by atoms with Crippen molar-refractivity contribution in [2.24, 2.45) is 17.6 Å². The van der Waals surface area contributed by atoms with Crippen molar-refractivity contribution in [3.05, 3.63) is 0 Å². The van der Waals surface area contributed by atoms with Gasteiger partial charge in [0.1, 0.15) is 0 Å². The average molecular weight is 211 g/mol. The molecule has 0 aromatic carbocycles. The lowest BCUT2D eigenvalue weighted by Crippen LogP contribution is -2.31. The smallest absolute Gasteiger partial charge is 0.0607 e. The molecule has 2 fully saturated rings. The van der Waals surface area contributed by atoms with E-state index in [0.717, 1.165) is 25.0 Å². The van der Waals surface area contributed by atoms with Crippen LogP contribution in [0.3, 0.4) is 0 Å². The van der Waals surface area contributed by atoms with Crippen LogP contribution in [-0.2, 0) is 4.74 Å². The Morgan fingerprint density at radius 2 is 1.87 bits per heavy atom. The van der Waals surface area contributed by atoms with Crippen molar-refractivity contribution in [3.8, 4) is 0 Å². The third kappa shape index (κ3) is 2.94. The number of hydrogen-bond donors (Lipinski definition) is 1. The number of ether oxygens (including phenoxy) is 1. The molecule has 2 aliphatic rings. The van der Waals surface area contributed by atoms with Gasteiger partial charge in [0.15, 0.2) is 0 Å². The van der Waals surface area contributed by atoms with E-state index in [0.29, 0.717) is 6.10 Å². The van der Waals surface area contributed by atoms with Crippen LogP contribution >= 0.6 is 0 Å². The van der Waals surface area contributed by atoms with Crippen LogP contribution in [0.1, 0.15) is 51.4 Å². The Hall–Kier alpha value is -0.0800. The fourth-order valence-electron chi connectivity index (χ4n) is 3.42. The van der Waals surface area contributed by atoms with Gasteiger partial charge in [0.05, 0.1) is 6.10 Å². The zero-order chi connectivity index (χ0) is 10.5. The van der Waals surface area contributed by atoms with Gasteiger partial charge in [-0.3, -0.25) is 0 Å². The molecule has 1 heterocycles. The highest BCUT2D eigenvalue weighted by Crippen LogP contribution is 2.37. The van der Waals surface area contributed by atoms with Crippen molar-refractivity contribution < 1.29 is 4.74 Å². The van der Waals surface area contributed by atoms with E-state index in [1.807, 2.05) is 0 Å². The largest absolute Gasteiger partial charge is 0.378 e. The maximum Gasteiger partial charge on any atom is 0.0607 e. The van der Waals surface area contributed by atoms with E-state index in [1.165, 1.54) is 51.4 Å². The van der Waals surface area contributed by atoms with Crippen molar-refractivity contribution in [3.63, 3.8) is 0 Å². The van der Waals surface area contributed by atoms with Gasteiger partial charge in [0, 0.05) is 6.61 Å². The van der Waals surface area contributed by atoms with E-state index in [2.05, 4.69) is 0 Å². The number of rotatable bonds is 4. The molecular weight excluding hydrogens is 186 g/mol. The van der Waals surface area contributed by atoms with Crippen LogP contribution in [0.4, 0.5) is 0 Å². The van der Waals surface area contributed by atoms with E-state index >= 15 is 0 Å². The molecule has 2 heteroatoms. The maximum absolute atomic E-state index is 5.87. The van der Waals surface area contributed by atoms with E-state index in [9.17, 15) is 0 Å². The second kappa shape index (κ2) is 5.86. The van der Waals surface area contributed by atoms with Crippen LogP contribution < -0.4 is 5.73 Å². The van der Waals surface area contributed by atoms with Crippen molar-refractivity contribution >= 4 is 0 Å². The molecule has 2 rings (SSSR count). The van der Waals surface area contributed by atoms with Crippen molar-refractivity contribution in [1.82, 2.24) is 0 Å². The third-order valence-electron chi connectivity index (χ3n) is 4.20. The molecule has 88 valence electrons. The molecule has 2 atom stereocenters. The minimum absolute atomic E-state index is 0.539. The Kier molecular flexibility index (Phi) is 4.45. The molecule has 1 aliphatic heterocycles. The topological polar surface area (TPSA) is 35.2 Å². The van der Waals surface area contributed by atoms with Crippen molar-refractivity contribution in [2.75, 3.05) is 13.2 Å². The highest BCUT2D eigenvalue weighted by molar-refractivity contribution is 4.82. The summed E-state index contributed by atoms with van der Waals surface area (Å²) in [4.78, 5) is 0. The molecule has 1 aliphatic carbocycles. The Labute approximate surface area is 93.6 Å². The second-order valence-electron chi connectivity index (χ2n) is 5.19. The van der Waals surface area contributed by atoms with Gasteiger partial charge in [-0.1, -0.05) is 32.1 Å². The van der Waals surface area contributed by atoms with Crippen LogP contribution in [0, 0.1) is 11.8 Å². The van der Waals surface area contributed by atoms with Gasteiger partial charge in [-0.15, -0.1) is 0 Å². The predicted molar refractivity (Wildman–Crippen MR) is 62.7 cm³/mol. The minimum atomic E-state index is 0.539. The normalized spacial score (nSPS) is 30.6. The monoisotopic (exact) mass is 211 g/mol. The fourth-order valence-corrected chi connectivity index (χ4v) is 3.42. The van der Waals surface area contributed by atoms with Gasteiger partial charge in [0.2, 0.25) is 0 Å². The summed E-state index contributed by atoms with van der Waals surface area (Å²) < 4.78 is 5.87. The van der Waals surface area contributed by atoms with E-state index in [4.69, 9.17) is 10.5 Å². The van der Waals surface area contributed by atoms with Gasteiger partial charge in [-0.2, -0.15) is 0 Å². The highest BCUT2D eigenvalue weighted by Gasteiger charge is 2.32. The maximum atomic E-state index is 5.87. The standard InChI is InChI=1S/C13H25NO/c14-9-8-12(13-7-4-10-15-13)11-5-2-1-3-6-11/h11-13H,1-10,14H2. The SMILES string of the molecule is NCCC(C1CCCCC1)C1CCCO1. The summed E-state index contributed by atoms with van der Waals surface area (Å²) in [6.45, 7) is 1.82. The second-order valence-corrected chi connectivity index (χ2v) is 5.19. The molecule has 2 N–H and O–H groups in total. The summed E-state index contributed by atoms with van der Waals surface area (Å²) in [5.41, 5.74) is 5.75. The van der Waals surface area contributed by atoms with Crippen LogP contribution in [0.25, 0.3) is 0 Å². The molecule has 15 heavy (non-hydrogen) atoms. The molecule has 0 aromatic heterocycles. The lowest BCUT2D eigenvalue weighted by Gasteiger charge is -2.33. The summed E-state index contributed by atoms with van der Waals surface area (Å²) in [5.74, 6) is 1.67. The van der Waals surface area contributed by atoms with Crippen LogP contribution in [-0.4, -0.2) is 19.3 Å². The fraction of sp³-hybridized carbons (Fsp3) is 1.00. The van der Waals surface area contributed by atoms with Crippen LogP contribution in [0.5, 0.6) is 0 Å². The summed E-state index contributed by atoms with van der Waals surface area (Å²) in [6.07, 6.45) is 11.4. The highest BCUT2D eigenvalue weighted by atomic mass is 16.5. The first kappa shape index (κ1) is 11.4. The van der Waals surface area contributed by atoms with Gasteiger partial charge >= 0.3 is 0 Å². The average Bonchev–Trinajstić information content (AvgIpc) is 2.80. The first-order chi connectivity index (χ1) is 7.42. The lowest BCUT2D eigenvalue weighted by molar-refractivity contribution is 0.0256. The van der Waals surface area contributed by atoms with E-state index in [-0.39, 0.29) is 0 Å². The van der Waals surface area contributed by atoms with Crippen LogP contribution in [0.2, 0.25) is 0 Å². The Morgan fingerprint density at radius 1 is 1.07 bits per heavy atom.